The average molecular weight is 344 g/mol. The molecule has 1 aliphatic carbocycles. The number of carbonyl (C=O) groups excluding carboxylic acids is 1. The van der Waals surface area contributed by atoms with Gasteiger partial charge in [-0.15, -0.1) is 0 Å². The van der Waals surface area contributed by atoms with Gasteiger partial charge in [-0.25, -0.2) is 0 Å². The van der Waals surface area contributed by atoms with E-state index >= 15 is 0 Å². The lowest BCUT2D eigenvalue weighted by Gasteiger charge is -2.08. The Morgan fingerprint density at radius 3 is 2.88 bits per heavy atom. The SMILES string of the molecule is Cc1cccc(OCCCNC(=O)C2CC2c2ccccc2Cl)c1. The van der Waals surface area contributed by atoms with E-state index in [1.807, 2.05) is 55.5 Å². The first-order valence-electron chi connectivity index (χ1n) is 8.37. The van der Waals surface area contributed by atoms with Crippen molar-refractivity contribution in [1.29, 1.82) is 0 Å². The van der Waals surface area contributed by atoms with Crippen molar-refractivity contribution in [2.45, 2.75) is 25.7 Å². The largest absolute Gasteiger partial charge is 0.494 e. The predicted molar refractivity (Wildman–Crippen MR) is 96.6 cm³/mol. The van der Waals surface area contributed by atoms with Crippen LogP contribution in [0.2, 0.25) is 5.02 Å². The zero-order valence-corrected chi connectivity index (χ0v) is 14.6. The number of halogens is 1. The number of nitrogens with one attached hydrogen (secondary N) is 1. The van der Waals surface area contributed by atoms with Crippen molar-refractivity contribution in [2.24, 2.45) is 5.92 Å². The molecule has 2 atom stereocenters. The van der Waals surface area contributed by atoms with Crippen LogP contribution in [0.15, 0.2) is 48.5 Å². The van der Waals surface area contributed by atoms with Crippen LogP contribution in [0.1, 0.15) is 29.9 Å². The summed E-state index contributed by atoms with van der Waals surface area (Å²) in [6.45, 7) is 3.27. The van der Waals surface area contributed by atoms with Crippen molar-refractivity contribution >= 4 is 17.5 Å². The Balaban J connectivity index is 1.36. The Morgan fingerprint density at radius 1 is 1.25 bits per heavy atom. The van der Waals surface area contributed by atoms with Gasteiger partial charge in [0.1, 0.15) is 5.75 Å². The minimum atomic E-state index is 0.0580. The Morgan fingerprint density at radius 2 is 2.08 bits per heavy atom. The molecule has 0 spiro atoms. The van der Waals surface area contributed by atoms with E-state index in [1.54, 1.807) is 0 Å². The van der Waals surface area contributed by atoms with Gasteiger partial charge in [-0.05, 0) is 55.0 Å². The molecule has 2 aromatic carbocycles. The molecule has 2 aromatic rings. The molecule has 24 heavy (non-hydrogen) atoms. The highest BCUT2D eigenvalue weighted by Crippen LogP contribution is 2.49. The van der Waals surface area contributed by atoms with E-state index in [1.165, 1.54) is 5.56 Å². The lowest BCUT2D eigenvalue weighted by molar-refractivity contribution is -0.122. The summed E-state index contributed by atoms with van der Waals surface area (Å²) in [7, 11) is 0. The van der Waals surface area contributed by atoms with E-state index in [-0.39, 0.29) is 17.7 Å². The van der Waals surface area contributed by atoms with Gasteiger partial charge in [-0.1, -0.05) is 41.9 Å². The van der Waals surface area contributed by atoms with E-state index in [0.29, 0.717) is 13.2 Å². The summed E-state index contributed by atoms with van der Waals surface area (Å²) in [5.74, 6) is 1.32. The van der Waals surface area contributed by atoms with E-state index in [9.17, 15) is 4.79 Å². The first-order chi connectivity index (χ1) is 11.6. The summed E-state index contributed by atoms with van der Waals surface area (Å²) in [6, 6.07) is 15.8. The van der Waals surface area contributed by atoms with Crippen molar-refractivity contribution in [3.63, 3.8) is 0 Å². The molecule has 0 aromatic heterocycles. The second kappa shape index (κ2) is 7.71. The van der Waals surface area contributed by atoms with Gasteiger partial charge in [0.2, 0.25) is 5.91 Å². The molecular formula is C20H22ClNO2. The molecule has 1 fully saturated rings. The summed E-state index contributed by atoms with van der Waals surface area (Å²) in [4.78, 5) is 12.2. The topological polar surface area (TPSA) is 38.3 Å². The quantitative estimate of drug-likeness (QED) is 0.759. The first-order valence-corrected chi connectivity index (χ1v) is 8.74. The summed E-state index contributed by atoms with van der Waals surface area (Å²) in [6.07, 6.45) is 1.68. The summed E-state index contributed by atoms with van der Waals surface area (Å²) in [5, 5.41) is 3.75. The zero-order chi connectivity index (χ0) is 16.9. The van der Waals surface area contributed by atoms with Crippen LogP contribution in [0.3, 0.4) is 0 Å². The maximum atomic E-state index is 12.2. The molecule has 126 valence electrons. The molecule has 1 amide bonds. The number of hydrogen-bond acceptors (Lipinski definition) is 2. The molecule has 1 saturated carbocycles. The van der Waals surface area contributed by atoms with Crippen molar-refractivity contribution in [2.75, 3.05) is 13.2 Å². The van der Waals surface area contributed by atoms with Crippen molar-refractivity contribution < 1.29 is 9.53 Å². The molecule has 2 unspecified atom stereocenters. The van der Waals surface area contributed by atoms with Crippen LogP contribution in [0.5, 0.6) is 5.75 Å². The van der Waals surface area contributed by atoms with E-state index in [0.717, 1.165) is 29.2 Å². The van der Waals surface area contributed by atoms with Gasteiger partial charge >= 0.3 is 0 Å². The highest BCUT2D eigenvalue weighted by atomic mass is 35.5. The molecule has 0 bridgehead atoms. The van der Waals surface area contributed by atoms with Crippen LogP contribution in [-0.4, -0.2) is 19.1 Å². The van der Waals surface area contributed by atoms with E-state index in [2.05, 4.69) is 5.32 Å². The number of carbonyl (C=O) groups is 1. The number of amides is 1. The molecule has 0 radical (unpaired) electrons. The molecule has 3 nitrogen and oxygen atoms in total. The van der Waals surface area contributed by atoms with Gasteiger partial charge in [0.15, 0.2) is 0 Å². The van der Waals surface area contributed by atoms with Crippen LogP contribution >= 0.6 is 11.6 Å². The van der Waals surface area contributed by atoms with Gasteiger partial charge in [-0.2, -0.15) is 0 Å². The fourth-order valence-electron chi connectivity index (χ4n) is 2.91. The maximum absolute atomic E-state index is 12.2. The minimum absolute atomic E-state index is 0.0580. The monoisotopic (exact) mass is 343 g/mol. The predicted octanol–water partition coefficient (Wildman–Crippen LogP) is 4.34. The molecule has 1 N–H and O–H groups in total. The van der Waals surface area contributed by atoms with E-state index in [4.69, 9.17) is 16.3 Å². The smallest absolute Gasteiger partial charge is 0.223 e. The molecule has 0 aliphatic heterocycles. The minimum Gasteiger partial charge on any atom is -0.494 e. The molecule has 3 rings (SSSR count). The van der Waals surface area contributed by atoms with Crippen LogP contribution < -0.4 is 10.1 Å². The Bertz CT molecular complexity index is 716. The number of aryl methyl sites for hydroxylation is 1. The van der Waals surface area contributed by atoms with Gasteiger partial charge in [0.05, 0.1) is 6.61 Å². The second-order valence-electron chi connectivity index (χ2n) is 6.28. The fraction of sp³-hybridized carbons (Fsp3) is 0.350. The Labute approximate surface area is 148 Å². The highest BCUT2D eigenvalue weighted by molar-refractivity contribution is 6.31. The van der Waals surface area contributed by atoms with E-state index < -0.39 is 0 Å². The third-order valence-electron chi connectivity index (χ3n) is 4.31. The number of hydrogen-bond donors (Lipinski definition) is 1. The third kappa shape index (κ3) is 4.30. The van der Waals surface area contributed by atoms with Crippen molar-refractivity contribution in [3.8, 4) is 5.75 Å². The Hall–Kier alpha value is -2.00. The highest BCUT2D eigenvalue weighted by Gasteiger charge is 2.44. The lowest BCUT2D eigenvalue weighted by atomic mass is 10.1. The van der Waals surface area contributed by atoms with Crippen molar-refractivity contribution in [3.05, 3.63) is 64.7 Å². The normalized spacial score (nSPS) is 18.9. The van der Waals surface area contributed by atoms with Crippen LogP contribution in [0, 0.1) is 12.8 Å². The van der Waals surface area contributed by atoms with Gasteiger partial charge < -0.3 is 10.1 Å². The molecule has 0 saturated heterocycles. The molecule has 4 heteroatoms. The summed E-state index contributed by atoms with van der Waals surface area (Å²) >= 11 is 6.20. The Kier molecular flexibility index (Phi) is 5.41. The number of benzene rings is 2. The summed E-state index contributed by atoms with van der Waals surface area (Å²) < 4.78 is 5.68. The van der Waals surface area contributed by atoms with Crippen molar-refractivity contribution in [1.82, 2.24) is 5.32 Å². The average Bonchev–Trinajstić information content (AvgIpc) is 3.35. The molecular weight excluding hydrogens is 322 g/mol. The first kappa shape index (κ1) is 16.8. The van der Waals surface area contributed by atoms with Gasteiger partial charge in [0.25, 0.3) is 0 Å². The number of ether oxygens (including phenoxy) is 1. The molecule has 0 heterocycles. The van der Waals surface area contributed by atoms with Crippen LogP contribution in [0.4, 0.5) is 0 Å². The number of rotatable bonds is 7. The standard InChI is InChI=1S/C20H22ClNO2/c1-14-6-4-7-15(12-14)24-11-5-10-22-20(23)18-13-17(18)16-8-2-3-9-19(16)21/h2-4,6-9,12,17-18H,5,10-11,13H2,1H3,(H,22,23). The molecule has 1 aliphatic rings. The van der Waals surface area contributed by atoms with Gasteiger partial charge in [-0.3, -0.25) is 4.79 Å². The van der Waals surface area contributed by atoms with Crippen LogP contribution in [0.25, 0.3) is 0 Å². The second-order valence-corrected chi connectivity index (χ2v) is 6.69. The summed E-state index contributed by atoms with van der Waals surface area (Å²) in [5.41, 5.74) is 2.27. The zero-order valence-electron chi connectivity index (χ0n) is 13.8. The van der Waals surface area contributed by atoms with Gasteiger partial charge in [0, 0.05) is 17.5 Å². The van der Waals surface area contributed by atoms with Crippen LogP contribution in [-0.2, 0) is 4.79 Å². The lowest BCUT2D eigenvalue weighted by Crippen LogP contribution is -2.27. The maximum Gasteiger partial charge on any atom is 0.223 e. The third-order valence-corrected chi connectivity index (χ3v) is 4.65. The fourth-order valence-corrected chi connectivity index (χ4v) is 3.19.